The molecule has 0 aliphatic carbocycles. The molecule has 2 aromatic carbocycles. The van der Waals surface area contributed by atoms with E-state index in [-0.39, 0.29) is 0 Å². The van der Waals surface area contributed by atoms with Crippen LogP contribution in [0.4, 0.5) is 0 Å². The van der Waals surface area contributed by atoms with Crippen LogP contribution >= 0.6 is 0 Å². The van der Waals surface area contributed by atoms with E-state index in [9.17, 15) is 0 Å². The molecule has 25 heavy (non-hydrogen) atoms. The lowest BCUT2D eigenvalue weighted by molar-refractivity contribution is -0.660. The van der Waals surface area contributed by atoms with Crippen LogP contribution in [-0.4, -0.2) is 9.55 Å². The van der Waals surface area contributed by atoms with Gasteiger partial charge in [-0.2, -0.15) is 0 Å². The highest BCUT2D eigenvalue weighted by molar-refractivity contribution is 5.85. The van der Waals surface area contributed by atoms with Crippen molar-refractivity contribution in [3.05, 3.63) is 71.9 Å². The Morgan fingerprint density at radius 3 is 2.40 bits per heavy atom. The molecule has 124 valence electrons. The number of aromatic nitrogens is 3. The lowest BCUT2D eigenvalue weighted by atomic mass is 9.99. The Morgan fingerprint density at radius 1 is 0.880 bits per heavy atom. The predicted octanol–water partition coefficient (Wildman–Crippen LogP) is 4.35. The summed E-state index contributed by atoms with van der Waals surface area (Å²) in [7, 11) is 4.19. The van der Waals surface area contributed by atoms with Gasteiger partial charge in [0.15, 0.2) is 6.20 Å². The largest absolute Gasteiger partial charge is 0.327 e. The first-order chi connectivity index (χ1) is 12.1. The summed E-state index contributed by atoms with van der Waals surface area (Å²) in [5.74, 6) is 1.02. The zero-order valence-corrected chi connectivity index (χ0v) is 15.1. The molecule has 0 N–H and O–H groups in total. The highest BCUT2D eigenvalue weighted by atomic mass is 15.1. The van der Waals surface area contributed by atoms with Gasteiger partial charge in [0, 0.05) is 30.3 Å². The van der Waals surface area contributed by atoms with Crippen molar-refractivity contribution in [1.82, 2.24) is 9.55 Å². The molecule has 4 aromatic rings. The van der Waals surface area contributed by atoms with Gasteiger partial charge in [-0.05, 0) is 43.2 Å². The number of para-hydroxylation sites is 1. The highest BCUT2D eigenvalue weighted by Gasteiger charge is 2.18. The Kier molecular flexibility index (Phi) is 3.65. The Bertz CT molecular complexity index is 1090. The molecule has 0 saturated carbocycles. The van der Waals surface area contributed by atoms with Crippen molar-refractivity contribution < 1.29 is 4.57 Å². The van der Waals surface area contributed by atoms with Crippen LogP contribution in [0.5, 0.6) is 0 Å². The maximum atomic E-state index is 4.92. The van der Waals surface area contributed by atoms with Crippen molar-refractivity contribution in [3.63, 3.8) is 0 Å². The summed E-state index contributed by atoms with van der Waals surface area (Å²) >= 11 is 0. The Hall–Kier alpha value is -2.94. The molecular formula is C22H22N3+. The standard InChI is InChI=1S/C22H22N3/c1-15-9-7-12-19-21(15)25(4)22(23-19)18-11-8-10-17(16(18)2)20-13-5-6-14-24(20)3/h5-14H,1-4H3/q+1. The van der Waals surface area contributed by atoms with Crippen LogP contribution in [0.2, 0.25) is 0 Å². The average Bonchev–Trinajstić information content (AvgIpc) is 2.94. The summed E-state index contributed by atoms with van der Waals surface area (Å²) in [6, 6.07) is 19.1. The van der Waals surface area contributed by atoms with Gasteiger partial charge >= 0.3 is 0 Å². The normalized spacial score (nSPS) is 11.2. The summed E-state index contributed by atoms with van der Waals surface area (Å²) < 4.78 is 4.37. The van der Waals surface area contributed by atoms with Gasteiger partial charge in [-0.15, -0.1) is 0 Å². The summed E-state index contributed by atoms with van der Waals surface area (Å²) in [4.78, 5) is 4.92. The van der Waals surface area contributed by atoms with Crippen molar-refractivity contribution in [2.24, 2.45) is 14.1 Å². The number of nitrogens with zero attached hydrogens (tertiary/aromatic N) is 3. The number of rotatable bonds is 2. The van der Waals surface area contributed by atoms with Crippen molar-refractivity contribution in [3.8, 4) is 22.6 Å². The van der Waals surface area contributed by atoms with E-state index in [1.165, 1.54) is 33.5 Å². The maximum absolute atomic E-state index is 4.92. The van der Waals surface area contributed by atoms with E-state index in [2.05, 4.69) is 97.9 Å². The summed E-state index contributed by atoms with van der Waals surface area (Å²) in [6.45, 7) is 4.32. The van der Waals surface area contributed by atoms with E-state index < -0.39 is 0 Å². The number of hydrogen-bond acceptors (Lipinski definition) is 1. The highest BCUT2D eigenvalue weighted by Crippen LogP contribution is 2.32. The third-order valence-corrected chi connectivity index (χ3v) is 5.00. The van der Waals surface area contributed by atoms with E-state index in [4.69, 9.17) is 4.98 Å². The minimum atomic E-state index is 1.02. The number of imidazole rings is 1. The molecule has 0 amide bonds. The lowest BCUT2D eigenvalue weighted by Crippen LogP contribution is -2.30. The maximum Gasteiger partial charge on any atom is 0.212 e. The van der Waals surface area contributed by atoms with Gasteiger partial charge in [0.05, 0.1) is 11.0 Å². The minimum Gasteiger partial charge on any atom is -0.327 e. The van der Waals surface area contributed by atoms with E-state index in [0.717, 1.165) is 11.3 Å². The number of benzene rings is 2. The zero-order valence-electron chi connectivity index (χ0n) is 15.1. The van der Waals surface area contributed by atoms with Crippen molar-refractivity contribution in [2.45, 2.75) is 13.8 Å². The second-order valence-corrected chi connectivity index (χ2v) is 6.61. The van der Waals surface area contributed by atoms with E-state index in [1.54, 1.807) is 0 Å². The third kappa shape index (κ3) is 2.43. The van der Waals surface area contributed by atoms with Crippen molar-refractivity contribution >= 4 is 11.0 Å². The fourth-order valence-electron chi connectivity index (χ4n) is 3.66. The van der Waals surface area contributed by atoms with Gasteiger partial charge in [0.1, 0.15) is 12.9 Å². The molecule has 3 nitrogen and oxygen atoms in total. The fourth-order valence-corrected chi connectivity index (χ4v) is 3.66. The molecule has 0 atom stereocenters. The quantitative estimate of drug-likeness (QED) is 0.501. The van der Waals surface area contributed by atoms with Crippen LogP contribution in [0.3, 0.4) is 0 Å². The topological polar surface area (TPSA) is 21.7 Å². The smallest absolute Gasteiger partial charge is 0.212 e. The van der Waals surface area contributed by atoms with E-state index >= 15 is 0 Å². The molecule has 0 unspecified atom stereocenters. The number of fused-ring (bicyclic) bond motifs is 1. The van der Waals surface area contributed by atoms with Gasteiger partial charge in [0.2, 0.25) is 5.69 Å². The van der Waals surface area contributed by atoms with Gasteiger partial charge < -0.3 is 4.57 Å². The number of hydrogen-bond donors (Lipinski definition) is 0. The van der Waals surface area contributed by atoms with Gasteiger partial charge in [0.25, 0.3) is 0 Å². The molecule has 2 heterocycles. The molecule has 0 aliphatic heterocycles. The first-order valence-corrected chi connectivity index (χ1v) is 8.55. The first kappa shape index (κ1) is 15.6. The Balaban J connectivity index is 1.97. The van der Waals surface area contributed by atoms with E-state index in [0.29, 0.717) is 0 Å². The van der Waals surface area contributed by atoms with Crippen LogP contribution in [0.25, 0.3) is 33.7 Å². The number of pyridine rings is 1. The average molecular weight is 328 g/mol. The Labute approximate surface area is 148 Å². The van der Waals surface area contributed by atoms with E-state index in [1.807, 2.05) is 0 Å². The zero-order chi connectivity index (χ0) is 17.6. The molecule has 0 aliphatic rings. The molecule has 0 radical (unpaired) electrons. The summed E-state index contributed by atoms with van der Waals surface area (Å²) in [5, 5.41) is 0. The van der Waals surface area contributed by atoms with Gasteiger partial charge in [-0.3, -0.25) is 0 Å². The fraction of sp³-hybridized carbons (Fsp3) is 0.182. The van der Waals surface area contributed by atoms with Crippen molar-refractivity contribution in [2.75, 3.05) is 0 Å². The molecule has 0 spiro atoms. The minimum absolute atomic E-state index is 1.02. The molecule has 0 bridgehead atoms. The van der Waals surface area contributed by atoms with Crippen LogP contribution in [0.15, 0.2) is 60.8 Å². The van der Waals surface area contributed by atoms with Crippen LogP contribution in [-0.2, 0) is 14.1 Å². The van der Waals surface area contributed by atoms with Gasteiger partial charge in [-0.1, -0.05) is 24.3 Å². The molecule has 3 heteroatoms. The molecule has 4 rings (SSSR count). The molecule has 2 aromatic heterocycles. The Morgan fingerprint density at radius 2 is 1.64 bits per heavy atom. The second-order valence-electron chi connectivity index (χ2n) is 6.61. The first-order valence-electron chi connectivity index (χ1n) is 8.55. The SMILES string of the molecule is Cc1c(-c2nc3cccc(C)c3n2C)cccc1-c1cccc[n+]1C. The lowest BCUT2D eigenvalue weighted by Gasteiger charge is -2.10. The van der Waals surface area contributed by atoms with Gasteiger partial charge in [-0.25, -0.2) is 9.55 Å². The third-order valence-electron chi connectivity index (χ3n) is 5.00. The summed E-state index contributed by atoms with van der Waals surface area (Å²) in [6.07, 6.45) is 2.08. The molecule has 0 saturated heterocycles. The van der Waals surface area contributed by atoms with Crippen LogP contribution in [0.1, 0.15) is 11.1 Å². The molecule has 0 fully saturated rings. The monoisotopic (exact) mass is 328 g/mol. The second kappa shape index (κ2) is 5.85. The van der Waals surface area contributed by atoms with Crippen LogP contribution in [0, 0.1) is 13.8 Å². The summed E-state index contributed by atoms with van der Waals surface area (Å²) in [5.41, 5.74) is 8.38. The number of aryl methyl sites for hydroxylation is 3. The van der Waals surface area contributed by atoms with Crippen LogP contribution < -0.4 is 4.57 Å². The predicted molar refractivity (Wildman–Crippen MR) is 102 cm³/mol. The molecular weight excluding hydrogens is 306 g/mol. The van der Waals surface area contributed by atoms with Crippen molar-refractivity contribution in [1.29, 1.82) is 0 Å².